The number of hydrogen-bond acceptors (Lipinski definition) is 4. The van der Waals surface area contributed by atoms with Gasteiger partial charge in [0, 0.05) is 12.1 Å². The Kier molecular flexibility index (Phi) is 3.11. The van der Waals surface area contributed by atoms with Gasteiger partial charge in [0.05, 0.1) is 17.9 Å². The van der Waals surface area contributed by atoms with Crippen molar-refractivity contribution in [1.29, 1.82) is 0 Å². The van der Waals surface area contributed by atoms with E-state index in [-0.39, 0.29) is 24.6 Å². The van der Waals surface area contributed by atoms with Crippen LogP contribution in [-0.4, -0.2) is 18.7 Å². The van der Waals surface area contributed by atoms with Gasteiger partial charge in [0.25, 0.3) is 0 Å². The van der Waals surface area contributed by atoms with Crippen molar-refractivity contribution in [2.45, 2.75) is 19.5 Å². The zero-order valence-electron chi connectivity index (χ0n) is 12.5. The highest BCUT2D eigenvalue weighted by Gasteiger charge is 2.32. The summed E-state index contributed by atoms with van der Waals surface area (Å²) in [6.45, 7) is 2.37. The first kappa shape index (κ1) is 13.9. The molecule has 2 aliphatic rings. The van der Waals surface area contributed by atoms with Crippen LogP contribution in [0.2, 0.25) is 0 Å². The summed E-state index contributed by atoms with van der Waals surface area (Å²) in [6.07, 6.45) is 0. The zero-order valence-corrected chi connectivity index (χ0v) is 12.5. The van der Waals surface area contributed by atoms with Crippen LogP contribution in [0, 0.1) is 5.82 Å². The van der Waals surface area contributed by atoms with E-state index in [2.05, 4.69) is 5.32 Å². The fraction of sp³-hybridized carbons (Fsp3) is 0.235. The van der Waals surface area contributed by atoms with Crippen molar-refractivity contribution in [2.24, 2.45) is 0 Å². The van der Waals surface area contributed by atoms with Crippen LogP contribution in [0.1, 0.15) is 12.5 Å². The number of amides is 1. The second kappa shape index (κ2) is 5.15. The first-order valence-electron chi connectivity index (χ1n) is 7.38. The van der Waals surface area contributed by atoms with Gasteiger partial charge in [0.15, 0.2) is 11.5 Å². The highest BCUT2D eigenvalue weighted by atomic mass is 19.1. The number of carbonyl (C=O) groups is 1. The van der Waals surface area contributed by atoms with Crippen LogP contribution in [0.5, 0.6) is 11.5 Å². The number of hydrogen-bond donors (Lipinski definition) is 1. The second-order valence-electron chi connectivity index (χ2n) is 5.64. The summed E-state index contributed by atoms with van der Waals surface area (Å²) in [6, 6.07) is 9.46. The monoisotopic (exact) mass is 314 g/mol. The van der Waals surface area contributed by atoms with Crippen LogP contribution >= 0.6 is 0 Å². The molecule has 0 aromatic heterocycles. The number of rotatable bonds is 2. The number of nitrogens with one attached hydrogen (secondary N) is 1. The molecule has 2 aromatic carbocycles. The lowest BCUT2D eigenvalue weighted by Gasteiger charge is -2.34. The van der Waals surface area contributed by atoms with Gasteiger partial charge in [0.2, 0.25) is 12.7 Å². The predicted molar refractivity (Wildman–Crippen MR) is 83.2 cm³/mol. The molecule has 0 bridgehead atoms. The minimum atomic E-state index is -0.344. The average Bonchev–Trinajstić information content (AvgIpc) is 2.99. The molecule has 0 fully saturated rings. The van der Waals surface area contributed by atoms with E-state index in [1.54, 1.807) is 23.1 Å². The van der Waals surface area contributed by atoms with Crippen molar-refractivity contribution in [2.75, 3.05) is 17.0 Å². The molecule has 1 atom stereocenters. The minimum Gasteiger partial charge on any atom is -0.454 e. The Morgan fingerprint density at radius 3 is 2.65 bits per heavy atom. The number of halogens is 1. The normalized spacial score (nSPS) is 18.6. The van der Waals surface area contributed by atoms with Crippen LogP contribution in [0.4, 0.5) is 15.8 Å². The number of fused-ring (bicyclic) bond motifs is 2. The molecule has 0 aliphatic carbocycles. The first-order valence-corrected chi connectivity index (χ1v) is 7.38. The molecular formula is C17H15FN2O3. The van der Waals surface area contributed by atoms with E-state index in [9.17, 15) is 9.18 Å². The van der Waals surface area contributed by atoms with Crippen LogP contribution in [0.3, 0.4) is 0 Å². The van der Waals surface area contributed by atoms with Gasteiger partial charge in [-0.05, 0) is 24.6 Å². The molecule has 4 rings (SSSR count). The van der Waals surface area contributed by atoms with E-state index in [4.69, 9.17) is 9.47 Å². The first-order chi connectivity index (χ1) is 11.1. The van der Waals surface area contributed by atoms with Crippen molar-refractivity contribution < 1.29 is 18.7 Å². The Balaban J connectivity index is 1.73. The third-order valence-corrected chi connectivity index (χ3v) is 4.04. The molecule has 0 spiro atoms. The van der Waals surface area contributed by atoms with E-state index < -0.39 is 0 Å². The lowest BCUT2D eigenvalue weighted by Crippen LogP contribution is -2.45. The summed E-state index contributed by atoms with van der Waals surface area (Å²) in [7, 11) is 0. The molecule has 0 saturated carbocycles. The fourth-order valence-electron chi connectivity index (χ4n) is 2.85. The molecule has 0 radical (unpaired) electrons. The number of carbonyl (C=O) groups excluding carboxylic acids is 1. The summed E-state index contributed by atoms with van der Waals surface area (Å²) in [5.74, 6) is 0.953. The van der Waals surface area contributed by atoms with Gasteiger partial charge in [-0.25, -0.2) is 4.39 Å². The topological polar surface area (TPSA) is 50.8 Å². The van der Waals surface area contributed by atoms with Gasteiger partial charge in [-0.1, -0.05) is 12.1 Å². The summed E-state index contributed by atoms with van der Waals surface area (Å²) in [5, 5.41) is 3.18. The molecule has 1 N–H and O–H groups in total. The van der Waals surface area contributed by atoms with Gasteiger partial charge in [-0.15, -0.1) is 0 Å². The van der Waals surface area contributed by atoms with Crippen LogP contribution in [-0.2, 0) is 11.3 Å². The molecule has 2 heterocycles. The summed E-state index contributed by atoms with van der Waals surface area (Å²) in [5.41, 5.74) is 2.42. The molecular weight excluding hydrogens is 299 g/mol. The minimum absolute atomic E-state index is 0.0410. The van der Waals surface area contributed by atoms with Crippen LogP contribution < -0.4 is 19.7 Å². The highest BCUT2D eigenvalue weighted by molar-refractivity contribution is 6.05. The number of anilines is 2. The van der Waals surface area contributed by atoms with E-state index in [0.29, 0.717) is 18.0 Å². The van der Waals surface area contributed by atoms with Gasteiger partial charge < -0.3 is 19.7 Å². The molecule has 1 amide bonds. The maximum atomic E-state index is 13.1. The molecule has 118 valence electrons. The van der Waals surface area contributed by atoms with Crippen LogP contribution in [0.25, 0.3) is 0 Å². The molecule has 23 heavy (non-hydrogen) atoms. The number of benzene rings is 2. The highest BCUT2D eigenvalue weighted by Crippen LogP contribution is 2.43. The van der Waals surface area contributed by atoms with Crippen molar-refractivity contribution in [3.63, 3.8) is 0 Å². The van der Waals surface area contributed by atoms with E-state index in [1.165, 1.54) is 12.1 Å². The summed E-state index contributed by atoms with van der Waals surface area (Å²) >= 11 is 0. The molecule has 2 aliphatic heterocycles. The average molecular weight is 314 g/mol. The smallest absolute Gasteiger partial charge is 0.249 e. The van der Waals surface area contributed by atoms with Crippen molar-refractivity contribution >= 4 is 17.3 Å². The third-order valence-electron chi connectivity index (χ3n) is 4.04. The van der Waals surface area contributed by atoms with E-state index in [0.717, 1.165) is 16.9 Å². The maximum Gasteiger partial charge on any atom is 0.249 e. The fourth-order valence-corrected chi connectivity index (χ4v) is 2.85. The van der Waals surface area contributed by atoms with Gasteiger partial charge in [0.1, 0.15) is 11.9 Å². The molecule has 5 nitrogen and oxygen atoms in total. The Bertz CT molecular complexity index is 776. The van der Waals surface area contributed by atoms with Crippen molar-refractivity contribution in [1.82, 2.24) is 0 Å². The SMILES string of the molecule is CC1Nc2cc3c(cc2N(Cc2ccc(F)cc2)C1=O)OCO3. The largest absolute Gasteiger partial charge is 0.454 e. The van der Waals surface area contributed by atoms with Crippen molar-refractivity contribution in [3.05, 3.63) is 47.8 Å². The Morgan fingerprint density at radius 2 is 1.91 bits per heavy atom. The maximum absolute atomic E-state index is 13.1. The summed E-state index contributed by atoms with van der Waals surface area (Å²) < 4.78 is 23.9. The Morgan fingerprint density at radius 1 is 1.22 bits per heavy atom. The Labute approximate surface area is 132 Å². The van der Waals surface area contributed by atoms with Crippen molar-refractivity contribution in [3.8, 4) is 11.5 Å². The second-order valence-corrected chi connectivity index (χ2v) is 5.64. The van der Waals surface area contributed by atoms with E-state index in [1.807, 2.05) is 13.0 Å². The lowest BCUT2D eigenvalue weighted by atomic mass is 10.1. The van der Waals surface area contributed by atoms with Gasteiger partial charge >= 0.3 is 0 Å². The summed E-state index contributed by atoms with van der Waals surface area (Å²) in [4.78, 5) is 14.3. The standard InChI is InChI=1S/C17H15FN2O3/c1-10-17(21)20(8-11-2-4-12(18)5-3-11)14-7-16-15(22-9-23-16)6-13(14)19-10/h2-7,10,19H,8-9H2,1H3. The van der Waals surface area contributed by atoms with Crippen LogP contribution in [0.15, 0.2) is 36.4 Å². The zero-order chi connectivity index (χ0) is 16.0. The number of ether oxygens (including phenoxy) is 2. The third kappa shape index (κ3) is 2.36. The predicted octanol–water partition coefficient (Wildman–Crippen LogP) is 2.90. The molecule has 2 aromatic rings. The number of nitrogens with zero attached hydrogens (tertiary/aromatic N) is 1. The molecule has 6 heteroatoms. The van der Waals surface area contributed by atoms with Gasteiger partial charge in [-0.2, -0.15) is 0 Å². The van der Waals surface area contributed by atoms with E-state index >= 15 is 0 Å². The molecule has 0 saturated heterocycles. The molecule has 1 unspecified atom stereocenters. The van der Waals surface area contributed by atoms with Gasteiger partial charge in [-0.3, -0.25) is 4.79 Å². The lowest BCUT2D eigenvalue weighted by molar-refractivity contribution is -0.119. The quantitative estimate of drug-likeness (QED) is 0.926. The Hall–Kier alpha value is -2.76.